The number of amides is 1. The molecule has 3 N–H and O–H groups in total. The number of hydrogen-bond acceptors (Lipinski definition) is 2. The third kappa shape index (κ3) is 5.07. The van der Waals surface area contributed by atoms with E-state index >= 15 is 0 Å². The van der Waals surface area contributed by atoms with Gasteiger partial charge in [0.05, 0.1) is 6.54 Å². The van der Waals surface area contributed by atoms with Crippen molar-refractivity contribution in [3.05, 3.63) is 23.5 Å². The summed E-state index contributed by atoms with van der Waals surface area (Å²) in [4.78, 5) is 12.0. The van der Waals surface area contributed by atoms with Crippen LogP contribution in [-0.2, 0) is 18.4 Å². The van der Waals surface area contributed by atoms with Crippen molar-refractivity contribution in [1.82, 2.24) is 9.88 Å². The van der Waals surface area contributed by atoms with Crippen molar-refractivity contribution in [1.29, 1.82) is 0 Å². The Kier molecular flexibility index (Phi) is 6.09. The second kappa shape index (κ2) is 7.34. The van der Waals surface area contributed by atoms with Gasteiger partial charge in [-0.3, -0.25) is 4.79 Å². The molecule has 1 aromatic rings. The number of rotatable bonds is 7. The molecular formula is C15H27N3O. The van der Waals surface area contributed by atoms with Crippen molar-refractivity contribution in [2.45, 2.75) is 52.6 Å². The van der Waals surface area contributed by atoms with E-state index in [1.165, 1.54) is 5.69 Å². The molecule has 0 saturated heterocycles. The smallest absolute Gasteiger partial charge is 0.223 e. The first-order valence-electron chi connectivity index (χ1n) is 7.06. The maximum absolute atomic E-state index is 12.0. The molecule has 0 radical (unpaired) electrons. The molecule has 108 valence electrons. The normalized spacial score (nSPS) is 14.2. The lowest BCUT2D eigenvalue weighted by atomic mass is 10.0. The van der Waals surface area contributed by atoms with E-state index in [0.29, 0.717) is 6.54 Å². The highest BCUT2D eigenvalue weighted by atomic mass is 16.1. The predicted octanol–water partition coefficient (Wildman–Crippen LogP) is 2.10. The summed E-state index contributed by atoms with van der Waals surface area (Å²) in [7, 11) is 2.02. The molecule has 0 aliphatic rings. The Labute approximate surface area is 116 Å². The molecule has 0 fully saturated rings. The fourth-order valence-corrected chi connectivity index (χ4v) is 2.07. The van der Waals surface area contributed by atoms with Crippen LogP contribution in [0.25, 0.3) is 0 Å². The Bertz CT molecular complexity index is 410. The van der Waals surface area contributed by atoms with Gasteiger partial charge in [-0.05, 0) is 38.8 Å². The number of hydrogen-bond donors (Lipinski definition) is 2. The number of carbonyl (C=O) groups excluding carboxylic acids is 1. The summed E-state index contributed by atoms with van der Waals surface area (Å²) in [6, 6.07) is 4.34. The van der Waals surface area contributed by atoms with E-state index in [0.717, 1.165) is 25.0 Å². The molecule has 4 nitrogen and oxygen atoms in total. The fraction of sp³-hybridized carbons (Fsp3) is 0.667. The van der Waals surface area contributed by atoms with Crippen LogP contribution in [0.3, 0.4) is 0 Å². The Morgan fingerprint density at radius 2 is 2.05 bits per heavy atom. The molecule has 0 spiro atoms. The van der Waals surface area contributed by atoms with E-state index in [1.54, 1.807) is 0 Å². The van der Waals surface area contributed by atoms with Crippen LogP contribution in [0.2, 0.25) is 0 Å². The van der Waals surface area contributed by atoms with Gasteiger partial charge in [0.15, 0.2) is 0 Å². The summed E-state index contributed by atoms with van der Waals surface area (Å²) in [5, 5.41) is 3.00. The lowest BCUT2D eigenvalue weighted by Crippen LogP contribution is -2.29. The molecule has 1 rings (SSSR count). The topological polar surface area (TPSA) is 60.1 Å². The predicted molar refractivity (Wildman–Crippen MR) is 78.7 cm³/mol. The SMILES string of the molecule is Cc1ccc(CNC(=O)C(C)CCCC(C)N)n1C. The van der Waals surface area contributed by atoms with Crippen molar-refractivity contribution in [2.75, 3.05) is 0 Å². The molecule has 1 amide bonds. The zero-order valence-corrected chi connectivity index (χ0v) is 12.6. The first-order valence-corrected chi connectivity index (χ1v) is 7.06. The molecule has 0 aliphatic heterocycles. The van der Waals surface area contributed by atoms with E-state index in [9.17, 15) is 4.79 Å². The highest BCUT2D eigenvalue weighted by Gasteiger charge is 2.13. The number of aryl methyl sites for hydroxylation is 1. The van der Waals surface area contributed by atoms with Crippen LogP contribution in [0, 0.1) is 12.8 Å². The third-order valence-corrected chi connectivity index (χ3v) is 3.66. The van der Waals surface area contributed by atoms with Crippen molar-refractivity contribution in [2.24, 2.45) is 18.7 Å². The lowest BCUT2D eigenvalue weighted by Gasteiger charge is -2.13. The zero-order chi connectivity index (χ0) is 14.4. The van der Waals surface area contributed by atoms with Crippen molar-refractivity contribution in [3.63, 3.8) is 0 Å². The molecule has 0 saturated carbocycles. The number of nitrogens with two attached hydrogens (primary N) is 1. The van der Waals surface area contributed by atoms with Crippen LogP contribution in [-0.4, -0.2) is 16.5 Å². The van der Waals surface area contributed by atoms with Crippen molar-refractivity contribution in [3.8, 4) is 0 Å². The van der Waals surface area contributed by atoms with Gasteiger partial charge < -0.3 is 15.6 Å². The Morgan fingerprint density at radius 1 is 1.37 bits per heavy atom. The molecular weight excluding hydrogens is 238 g/mol. The standard InChI is InChI=1S/C15H27N3O/c1-11(6-5-7-12(2)16)15(19)17-10-14-9-8-13(3)18(14)4/h8-9,11-12H,5-7,10,16H2,1-4H3,(H,17,19). The van der Waals surface area contributed by atoms with Gasteiger partial charge in [0, 0.05) is 30.4 Å². The molecule has 19 heavy (non-hydrogen) atoms. The van der Waals surface area contributed by atoms with Gasteiger partial charge in [-0.15, -0.1) is 0 Å². The average molecular weight is 265 g/mol. The molecule has 2 atom stereocenters. The maximum atomic E-state index is 12.0. The zero-order valence-electron chi connectivity index (χ0n) is 12.6. The number of carbonyl (C=O) groups is 1. The lowest BCUT2D eigenvalue weighted by molar-refractivity contribution is -0.124. The van der Waals surface area contributed by atoms with Crippen LogP contribution in [0.4, 0.5) is 0 Å². The second-order valence-corrected chi connectivity index (χ2v) is 5.55. The summed E-state index contributed by atoms with van der Waals surface area (Å²) in [6.45, 7) is 6.64. The van der Waals surface area contributed by atoms with Gasteiger partial charge in [0.25, 0.3) is 0 Å². The van der Waals surface area contributed by atoms with Crippen LogP contribution < -0.4 is 11.1 Å². The van der Waals surface area contributed by atoms with Gasteiger partial charge in [-0.25, -0.2) is 0 Å². The van der Waals surface area contributed by atoms with E-state index in [-0.39, 0.29) is 17.9 Å². The Hall–Kier alpha value is -1.29. The maximum Gasteiger partial charge on any atom is 0.223 e. The summed E-state index contributed by atoms with van der Waals surface area (Å²) in [6.07, 6.45) is 2.89. The Balaban J connectivity index is 2.32. The van der Waals surface area contributed by atoms with Crippen LogP contribution >= 0.6 is 0 Å². The summed E-state index contributed by atoms with van der Waals surface area (Å²) >= 11 is 0. The Morgan fingerprint density at radius 3 is 2.58 bits per heavy atom. The number of nitrogens with zero attached hydrogens (tertiary/aromatic N) is 1. The molecule has 0 aliphatic carbocycles. The molecule has 1 aromatic heterocycles. The summed E-state index contributed by atoms with van der Waals surface area (Å²) < 4.78 is 2.10. The second-order valence-electron chi connectivity index (χ2n) is 5.55. The first-order chi connectivity index (χ1) is 8.91. The van der Waals surface area contributed by atoms with Crippen LogP contribution in [0.15, 0.2) is 12.1 Å². The summed E-state index contributed by atoms with van der Waals surface area (Å²) in [5.41, 5.74) is 8.04. The molecule has 0 bridgehead atoms. The van der Waals surface area contributed by atoms with Gasteiger partial charge in [-0.2, -0.15) is 0 Å². The van der Waals surface area contributed by atoms with E-state index in [2.05, 4.69) is 28.9 Å². The van der Waals surface area contributed by atoms with Crippen LogP contribution in [0.5, 0.6) is 0 Å². The highest BCUT2D eigenvalue weighted by Crippen LogP contribution is 2.10. The minimum atomic E-state index is 0.0557. The molecule has 0 aromatic carbocycles. The van der Waals surface area contributed by atoms with E-state index in [1.807, 2.05) is 20.9 Å². The van der Waals surface area contributed by atoms with Crippen LogP contribution in [0.1, 0.15) is 44.5 Å². The van der Waals surface area contributed by atoms with Gasteiger partial charge in [0.2, 0.25) is 5.91 Å². The highest BCUT2D eigenvalue weighted by molar-refractivity contribution is 5.78. The molecule has 2 unspecified atom stereocenters. The first kappa shape index (κ1) is 15.8. The van der Waals surface area contributed by atoms with E-state index in [4.69, 9.17) is 5.73 Å². The quantitative estimate of drug-likeness (QED) is 0.793. The van der Waals surface area contributed by atoms with Gasteiger partial charge in [0.1, 0.15) is 0 Å². The minimum absolute atomic E-state index is 0.0557. The van der Waals surface area contributed by atoms with E-state index < -0.39 is 0 Å². The van der Waals surface area contributed by atoms with Gasteiger partial charge in [-0.1, -0.05) is 13.3 Å². The minimum Gasteiger partial charge on any atom is -0.350 e. The van der Waals surface area contributed by atoms with Crippen molar-refractivity contribution < 1.29 is 4.79 Å². The largest absolute Gasteiger partial charge is 0.350 e. The molecule has 1 heterocycles. The van der Waals surface area contributed by atoms with Crippen molar-refractivity contribution >= 4 is 5.91 Å². The van der Waals surface area contributed by atoms with Gasteiger partial charge >= 0.3 is 0 Å². The summed E-state index contributed by atoms with van der Waals surface area (Å²) in [5.74, 6) is 0.184. The average Bonchev–Trinajstić information content (AvgIpc) is 2.66. The molecule has 4 heteroatoms. The fourth-order valence-electron chi connectivity index (χ4n) is 2.07. The number of nitrogens with one attached hydrogen (secondary N) is 1. The monoisotopic (exact) mass is 265 g/mol. The third-order valence-electron chi connectivity index (χ3n) is 3.66. The number of aromatic nitrogens is 1.